The van der Waals surface area contributed by atoms with Crippen LogP contribution in [0.2, 0.25) is 0 Å². The first-order valence-electron chi connectivity index (χ1n) is 6.14. The molecule has 0 saturated heterocycles. The van der Waals surface area contributed by atoms with Crippen LogP contribution < -0.4 is 0 Å². The molecule has 0 aromatic carbocycles. The molecule has 0 amide bonds. The number of rotatable bonds is 5. The summed E-state index contributed by atoms with van der Waals surface area (Å²) in [5, 5.41) is 19.9. The lowest BCUT2D eigenvalue weighted by molar-refractivity contribution is -0.0585. The van der Waals surface area contributed by atoms with E-state index in [1.165, 1.54) is 0 Å². The van der Waals surface area contributed by atoms with Crippen molar-refractivity contribution in [2.75, 3.05) is 13.7 Å². The smallest absolute Gasteiger partial charge is 0.0861 e. The highest BCUT2D eigenvalue weighted by atomic mass is 16.5. The summed E-state index contributed by atoms with van der Waals surface area (Å²) in [6.45, 7) is 4.45. The molecule has 0 heterocycles. The van der Waals surface area contributed by atoms with Crippen LogP contribution >= 0.6 is 0 Å². The molecule has 3 atom stereocenters. The van der Waals surface area contributed by atoms with Gasteiger partial charge in [-0.05, 0) is 32.1 Å². The van der Waals surface area contributed by atoms with Crippen LogP contribution in [0.4, 0.5) is 0 Å². The third-order valence-electron chi connectivity index (χ3n) is 4.23. The van der Waals surface area contributed by atoms with Crippen molar-refractivity contribution < 1.29 is 9.84 Å². The first kappa shape index (κ1) is 13.5. The number of nitrogens with zero attached hydrogens (tertiary/aromatic N) is 1. The van der Waals surface area contributed by atoms with Crippen molar-refractivity contribution in [2.45, 2.75) is 51.6 Å². The van der Waals surface area contributed by atoms with E-state index in [0.29, 0.717) is 18.9 Å². The lowest BCUT2D eigenvalue weighted by Crippen LogP contribution is -2.44. The predicted octanol–water partition coefficient (Wildman–Crippen LogP) is 2.49. The molecular formula is C13H23NO2. The van der Waals surface area contributed by atoms with Gasteiger partial charge in [0.05, 0.1) is 17.1 Å². The molecule has 1 aliphatic carbocycles. The van der Waals surface area contributed by atoms with Crippen LogP contribution in [0.5, 0.6) is 0 Å². The fourth-order valence-corrected chi connectivity index (χ4v) is 2.75. The van der Waals surface area contributed by atoms with Crippen molar-refractivity contribution >= 4 is 0 Å². The Morgan fingerprint density at radius 3 is 2.75 bits per heavy atom. The van der Waals surface area contributed by atoms with E-state index in [1.54, 1.807) is 14.0 Å². The van der Waals surface area contributed by atoms with Gasteiger partial charge in [0.15, 0.2) is 0 Å². The lowest BCUT2D eigenvalue weighted by atomic mass is 9.70. The van der Waals surface area contributed by atoms with Gasteiger partial charge in [-0.3, -0.25) is 0 Å². The standard InChI is InChI=1S/C13H23NO2/c1-4-11-5-6-13(9-11,10-14)12(2,15)7-8-16-3/h11,15H,4-9H2,1-3H3. The molecular weight excluding hydrogens is 202 g/mol. The van der Waals surface area contributed by atoms with Gasteiger partial charge >= 0.3 is 0 Å². The van der Waals surface area contributed by atoms with Gasteiger partial charge in [-0.25, -0.2) is 0 Å². The molecule has 3 nitrogen and oxygen atoms in total. The maximum absolute atomic E-state index is 10.5. The van der Waals surface area contributed by atoms with Gasteiger partial charge in [0.2, 0.25) is 0 Å². The van der Waals surface area contributed by atoms with E-state index in [0.717, 1.165) is 25.7 Å². The molecule has 1 saturated carbocycles. The molecule has 1 fully saturated rings. The highest BCUT2D eigenvalue weighted by Gasteiger charge is 2.51. The molecule has 1 aliphatic rings. The lowest BCUT2D eigenvalue weighted by Gasteiger charge is -2.37. The fourth-order valence-electron chi connectivity index (χ4n) is 2.75. The average Bonchev–Trinajstić information content (AvgIpc) is 2.71. The van der Waals surface area contributed by atoms with Gasteiger partial charge < -0.3 is 9.84 Å². The van der Waals surface area contributed by atoms with Crippen LogP contribution in [0, 0.1) is 22.7 Å². The fraction of sp³-hybridized carbons (Fsp3) is 0.923. The van der Waals surface area contributed by atoms with Crippen molar-refractivity contribution in [3.05, 3.63) is 0 Å². The maximum Gasteiger partial charge on any atom is 0.0861 e. The van der Waals surface area contributed by atoms with Crippen LogP contribution in [0.15, 0.2) is 0 Å². The van der Waals surface area contributed by atoms with Crippen LogP contribution in [0.25, 0.3) is 0 Å². The Balaban J connectivity index is 2.77. The molecule has 16 heavy (non-hydrogen) atoms. The van der Waals surface area contributed by atoms with Crippen molar-refractivity contribution in [1.29, 1.82) is 5.26 Å². The van der Waals surface area contributed by atoms with E-state index in [4.69, 9.17) is 4.74 Å². The summed E-state index contributed by atoms with van der Waals surface area (Å²) < 4.78 is 5.01. The van der Waals surface area contributed by atoms with E-state index in [1.807, 2.05) is 0 Å². The zero-order chi connectivity index (χ0) is 12.2. The highest BCUT2D eigenvalue weighted by Crippen LogP contribution is 2.50. The molecule has 0 spiro atoms. The summed E-state index contributed by atoms with van der Waals surface area (Å²) in [4.78, 5) is 0. The second kappa shape index (κ2) is 5.16. The minimum Gasteiger partial charge on any atom is -0.388 e. The average molecular weight is 225 g/mol. The first-order valence-corrected chi connectivity index (χ1v) is 6.14. The van der Waals surface area contributed by atoms with Crippen LogP contribution in [-0.4, -0.2) is 24.4 Å². The summed E-state index contributed by atoms with van der Waals surface area (Å²) in [6, 6.07) is 2.39. The number of methoxy groups -OCH3 is 1. The Bertz CT molecular complexity index is 270. The van der Waals surface area contributed by atoms with Crippen molar-refractivity contribution in [3.63, 3.8) is 0 Å². The van der Waals surface area contributed by atoms with Gasteiger partial charge in [0.25, 0.3) is 0 Å². The van der Waals surface area contributed by atoms with E-state index in [2.05, 4.69) is 13.0 Å². The zero-order valence-corrected chi connectivity index (χ0v) is 10.6. The SMILES string of the molecule is CCC1CCC(C#N)(C(C)(O)CCOC)C1. The molecule has 0 aliphatic heterocycles. The Morgan fingerprint density at radius 2 is 2.31 bits per heavy atom. The quantitative estimate of drug-likeness (QED) is 0.782. The molecule has 3 heteroatoms. The molecule has 1 rings (SSSR count). The number of ether oxygens (including phenoxy) is 1. The predicted molar refractivity (Wildman–Crippen MR) is 62.8 cm³/mol. The van der Waals surface area contributed by atoms with Gasteiger partial charge in [-0.1, -0.05) is 13.3 Å². The third kappa shape index (κ3) is 2.39. The first-order chi connectivity index (χ1) is 7.51. The molecule has 0 bridgehead atoms. The summed E-state index contributed by atoms with van der Waals surface area (Å²) >= 11 is 0. The number of aliphatic hydroxyl groups is 1. The molecule has 92 valence electrons. The number of hydrogen-bond donors (Lipinski definition) is 1. The Kier molecular flexibility index (Phi) is 4.35. The minimum atomic E-state index is -0.929. The molecule has 3 unspecified atom stereocenters. The van der Waals surface area contributed by atoms with Crippen LogP contribution in [0.1, 0.15) is 46.0 Å². The second-order valence-corrected chi connectivity index (χ2v) is 5.23. The largest absolute Gasteiger partial charge is 0.388 e. The minimum absolute atomic E-state index is 0.507. The van der Waals surface area contributed by atoms with Crippen LogP contribution in [0.3, 0.4) is 0 Å². The summed E-state index contributed by atoms with van der Waals surface area (Å²) in [6.07, 6.45) is 4.35. The van der Waals surface area contributed by atoms with Gasteiger partial charge in [0, 0.05) is 20.1 Å². The van der Waals surface area contributed by atoms with E-state index >= 15 is 0 Å². The van der Waals surface area contributed by atoms with Crippen molar-refractivity contribution in [1.82, 2.24) is 0 Å². The number of hydrogen-bond acceptors (Lipinski definition) is 3. The molecule has 0 radical (unpaired) electrons. The summed E-state index contributed by atoms with van der Waals surface area (Å²) in [7, 11) is 1.62. The molecule has 1 N–H and O–H groups in total. The van der Waals surface area contributed by atoms with E-state index in [9.17, 15) is 10.4 Å². The summed E-state index contributed by atoms with van der Waals surface area (Å²) in [5.41, 5.74) is -1.49. The van der Waals surface area contributed by atoms with Crippen molar-refractivity contribution in [3.8, 4) is 6.07 Å². The van der Waals surface area contributed by atoms with E-state index in [-0.39, 0.29) is 0 Å². The van der Waals surface area contributed by atoms with Gasteiger partial charge in [-0.2, -0.15) is 5.26 Å². The molecule has 0 aromatic rings. The Morgan fingerprint density at radius 1 is 1.62 bits per heavy atom. The zero-order valence-electron chi connectivity index (χ0n) is 10.6. The van der Waals surface area contributed by atoms with Crippen molar-refractivity contribution in [2.24, 2.45) is 11.3 Å². The van der Waals surface area contributed by atoms with Gasteiger partial charge in [0.1, 0.15) is 0 Å². The second-order valence-electron chi connectivity index (χ2n) is 5.23. The maximum atomic E-state index is 10.5. The summed E-state index contributed by atoms with van der Waals surface area (Å²) in [5.74, 6) is 0.591. The van der Waals surface area contributed by atoms with Crippen LogP contribution in [-0.2, 0) is 4.74 Å². The third-order valence-corrected chi connectivity index (χ3v) is 4.23. The van der Waals surface area contributed by atoms with E-state index < -0.39 is 11.0 Å². The Labute approximate surface area is 98.4 Å². The monoisotopic (exact) mass is 225 g/mol. The highest BCUT2D eigenvalue weighted by molar-refractivity contribution is 5.13. The topological polar surface area (TPSA) is 53.2 Å². The number of nitriles is 1. The normalized spacial score (nSPS) is 33.3. The molecule has 0 aromatic heterocycles. The van der Waals surface area contributed by atoms with Gasteiger partial charge in [-0.15, -0.1) is 0 Å². The Hall–Kier alpha value is -0.590.